The number of hydrogen-bond acceptors (Lipinski definition) is 3. The lowest BCUT2D eigenvalue weighted by Gasteiger charge is -2.25. The molecule has 2 aliphatic rings. The van der Waals surface area contributed by atoms with Gasteiger partial charge in [-0.1, -0.05) is 45.2 Å². The Morgan fingerprint density at radius 3 is 2.89 bits per heavy atom. The van der Waals surface area contributed by atoms with Crippen molar-refractivity contribution in [2.45, 2.75) is 59.4 Å². The van der Waals surface area contributed by atoms with Crippen molar-refractivity contribution in [1.82, 2.24) is 14.8 Å². The van der Waals surface area contributed by atoms with E-state index >= 15 is 0 Å². The Kier molecular flexibility index (Phi) is 4.75. The van der Waals surface area contributed by atoms with Crippen LogP contribution in [0.2, 0.25) is 5.02 Å². The topological polar surface area (TPSA) is 59.8 Å². The second-order valence-electron chi connectivity index (χ2n) is 9.01. The fourth-order valence-electron chi connectivity index (χ4n) is 4.49. The van der Waals surface area contributed by atoms with Crippen LogP contribution in [0.15, 0.2) is 18.5 Å². The normalized spacial score (nSPS) is 23.9. The van der Waals surface area contributed by atoms with Gasteiger partial charge < -0.3 is 5.32 Å². The van der Waals surface area contributed by atoms with E-state index in [2.05, 4.69) is 40.9 Å². The van der Waals surface area contributed by atoms with Gasteiger partial charge in [0, 0.05) is 35.5 Å². The van der Waals surface area contributed by atoms with E-state index in [-0.39, 0.29) is 17.2 Å². The van der Waals surface area contributed by atoms with E-state index in [0.717, 1.165) is 43.4 Å². The lowest BCUT2D eigenvalue weighted by molar-refractivity contribution is -0.121. The maximum atomic E-state index is 12.7. The van der Waals surface area contributed by atoms with Crippen LogP contribution in [0.25, 0.3) is 11.1 Å². The van der Waals surface area contributed by atoms with Gasteiger partial charge in [-0.3, -0.25) is 9.48 Å². The van der Waals surface area contributed by atoms with Crippen LogP contribution in [0.3, 0.4) is 0 Å². The quantitative estimate of drug-likeness (QED) is 0.812. The Hall–Kier alpha value is -1.88. The molecule has 2 aromatic heterocycles. The highest BCUT2D eigenvalue weighted by Crippen LogP contribution is 2.39. The molecule has 1 amide bonds. The summed E-state index contributed by atoms with van der Waals surface area (Å²) in [6, 6.07) is 1.88. The third-order valence-electron chi connectivity index (χ3n) is 5.88. The van der Waals surface area contributed by atoms with Crippen molar-refractivity contribution in [3.63, 3.8) is 0 Å². The van der Waals surface area contributed by atoms with Crippen molar-refractivity contribution in [2.75, 3.05) is 5.32 Å². The lowest BCUT2D eigenvalue weighted by atomic mass is 9.82. The smallest absolute Gasteiger partial charge is 0.228 e. The minimum absolute atomic E-state index is 0.0729. The summed E-state index contributed by atoms with van der Waals surface area (Å²) in [5.41, 5.74) is 3.33. The molecule has 144 valence electrons. The van der Waals surface area contributed by atoms with Crippen LogP contribution in [0.1, 0.15) is 52.1 Å². The standard InChI is InChI=1S/C21H27ClN4O/c1-13-5-4-6-14(7-13)20(27)25-19-8-15(17(22)11-23-19)16-10-24-26-12-21(2,3)9-18(16)26/h8,10-11,13-14H,4-7,9,12H2,1-3H3,(H,23,25,27)/t13-,14-/m0/s1. The number of halogens is 1. The fraction of sp³-hybridized carbons (Fsp3) is 0.571. The van der Waals surface area contributed by atoms with E-state index in [4.69, 9.17) is 11.6 Å². The van der Waals surface area contributed by atoms with Gasteiger partial charge in [0.15, 0.2) is 0 Å². The maximum absolute atomic E-state index is 12.7. The number of pyridine rings is 1. The number of nitrogens with zero attached hydrogens (tertiary/aromatic N) is 3. The molecule has 2 atom stereocenters. The maximum Gasteiger partial charge on any atom is 0.228 e. The van der Waals surface area contributed by atoms with Gasteiger partial charge in [0.25, 0.3) is 0 Å². The van der Waals surface area contributed by atoms with Crippen molar-refractivity contribution < 1.29 is 4.79 Å². The average molecular weight is 387 g/mol. The average Bonchev–Trinajstić information content (AvgIpc) is 3.11. The number of fused-ring (bicyclic) bond motifs is 1. The summed E-state index contributed by atoms with van der Waals surface area (Å²) in [5.74, 6) is 1.33. The lowest BCUT2D eigenvalue weighted by Crippen LogP contribution is -2.27. The van der Waals surface area contributed by atoms with Gasteiger partial charge in [-0.15, -0.1) is 0 Å². The van der Waals surface area contributed by atoms with Gasteiger partial charge in [0.05, 0.1) is 11.2 Å². The van der Waals surface area contributed by atoms with Gasteiger partial charge in [0.2, 0.25) is 5.91 Å². The van der Waals surface area contributed by atoms with Crippen molar-refractivity contribution in [2.24, 2.45) is 17.3 Å². The molecule has 27 heavy (non-hydrogen) atoms. The molecular weight excluding hydrogens is 360 g/mol. The molecular formula is C21H27ClN4O. The second-order valence-corrected chi connectivity index (χ2v) is 9.42. The number of carbonyl (C=O) groups is 1. The summed E-state index contributed by atoms with van der Waals surface area (Å²) in [4.78, 5) is 17.0. The predicted molar refractivity (Wildman–Crippen MR) is 108 cm³/mol. The van der Waals surface area contributed by atoms with Gasteiger partial charge in [-0.25, -0.2) is 4.98 Å². The zero-order chi connectivity index (χ0) is 19.2. The van der Waals surface area contributed by atoms with Crippen molar-refractivity contribution in [1.29, 1.82) is 0 Å². The first-order valence-corrected chi connectivity index (χ1v) is 10.2. The summed E-state index contributed by atoms with van der Waals surface area (Å²) >= 11 is 6.45. The van der Waals surface area contributed by atoms with E-state index in [1.807, 2.05) is 12.3 Å². The molecule has 1 fully saturated rings. The van der Waals surface area contributed by atoms with Gasteiger partial charge in [0.1, 0.15) is 5.82 Å². The molecule has 3 heterocycles. The van der Waals surface area contributed by atoms with E-state index in [0.29, 0.717) is 16.8 Å². The molecule has 1 N–H and O–H groups in total. The SMILES string of the molecule is C[C@H]1CCC[C@H](C(=O)Nc2cc(-c3cnn4c3CC(C)(C)C4)c(Cl)cn2)C1. The number of aromatic nitrogens is 3. The number of anilines is 1. The van der Waals surface area contributed by atoms with Gasteiger partial charge in [-0.2, -0.15) is 5.10 Å². The number of carbonyl (C=O) groups excluding carboxylic acids is 1. The summed E-state index contributed by atoms with van der Waals surface area (Å²) < 4.78 is 2.06. The highest BCUT2D eigenvalue weighted by molar-refractivity contribution is 6.33. The summed E-state index contributed by atoms with van der Waals surface area (Å²) in [5, 5.41) is 8.13. The molecule has 1 aliphatic carbocycles. The highest BCUT2D eigenvalue weighted by atomic mass is 35.5. The van der Waals surface area contributed by atoms with Crippen LogP contribution < -0.4 is 5.32 Å². The van der Waals surface area contributed by atoms with E-state index in [9.17, 15) is 4.79 Å². The molecule has 0 spiro atoms. The summed E-state index contributed by atoms with van der Waals surface area (Å²) in [6.07, 6.45) is 8.72. The Labute approximate surface area is 165 Å². The molecule has 0 unspecified atom stereocenters. The summed E-state index contributed by atoms with van der Waals surface area (Å²) in [7, 11) is 0. The first-order chi connectivity index (χ1) is 12.8. The number of rotatable bonds is 3. The predicted octanol–water partition coefficient (Wildman–Crippen LogP) is 4.95. The largest absolute Gasteiger partial charge is 0.310 e. The zero-order valence-corrected chi connectivity index (χ0v) is 17.0. The summed E-state index contributed by atoms with van der Waals surface area (Å²) in [6.45, 7) is 7.63. The second kappa shape index (κ2) is 6.93. The van der Waals surface area contributed by atoms with E-state index < -0.39 is 0 Å². The van der Waals surface area contributed by atoms with E-state index in [1.54, 1.807) is 6.20 Å². The minimum atomic E-state index is 0.0729. The Bertz CT molecular complexity index is 873. The minimum Gasteiger partial charge on any atom is -0.310 e. The molecule has 1 aliphatic heterocycles. The van der Waals surface area contributed by atoms with Crippen LogP contribution in [0.4, 0.5) is 5.82 Å². The van der Waals surface area contributed by atoms with Gasteiger partial charge in [-0.05, 0) is 36.7 Å². The van der Waals surface area contributed by atoms with Crippen LogP contribution in [-0.4, -0.2) is 20.7 Å². The third kappa shape index (κ3) is 3.75. The van der Waals surface area contributed by atoms with Crippen LogP contribution in [0.5, 0.6) is 0 Å². The Morgan fingerprint density at radius 2 is 2.11 bits per heavy atom. The van der Waals surface area contributed by atoms with Crippen molar-refractivity contribution >= 4 is 23.3 Å². The molecule has 2 aromatic rings. The molecule has 6 heteroatoms. The van der Waals surface area contributed by atoms with Crippen LogP contribution >= 0.6 is 11.6 Å². The zero-order valence-electron chi connectivity index (χ0n) is 16.3. The molecule has 1 saturated carbocycles. The molecule has 0 saturated heterocycles. The molecule has 0 bridgehead atoms. The van der Waals surface area contributed by atoms with Crippen LogP contribution in [-0.2, 0) is 17.8 Å². The van der Waals surface area contributed by atoms with Crippen molar-refractivity contribution in [3.05, 3.63) is 29.2 Å². The number of hydrogen-bond donors (Lipinski definition) is 1. The highest BCUT2D eigenvalue weighted by Gasteiger charge is 2.32. The molecule has 0 aromatic carbocycles. The Balaban J connectivity index is 1.57. The monoisotopic (exact) mass is 386 g/mol. The Morgan fingerprint density at radius 1 is 1.30 bits per heavy atom. The van der Waals surface area contributed by atoms with E-state index in [1.165, 1.54) is 12.1 Å². The van der Waals surface area contributed by atoms with Gasteiger partial charge >= 0.3 is 0 Å². The van der Waals surface area contributed by atoms with Crippen LogP contribution in [0, 0.1) is 17.3 Å². The number of amides is 1. The number of nitrogens with one attached hydrogen (secondary N) is 1. The first-order valence-electron chi connectivity index (χ1n) is 9.84. The molecule has 4 rings (SSSR count). The van der Waals surface area contributed by atoms with Crippen molar-refractivity contribution in [3.8, 4) is 11.1 Å². The fourth-order valence-corrected chi connectivity index (χ4v) is 4.69. The third-order valence-corrected chi connectivity index (χ3v) is 6.18. The first kappa shape index (κ1) is 18.5. The molecule has 5 nitrogen and oxygen atoms in total. The molecule has 0 radical (unpaired) electrons.